The molecule has 24 heavy (non-hydrogen) atoms. The smallest absolute Gasteiger partial charge is 0.341 e. The first-order chi connectivity index (χ1) is 10.9. The Labute approximate surface area is 141 Å². The van der Waals surface area contributed by atoms with E-state index in [9.17, 15) is 18.0 Å². The number of carbonyl (C=O) groups is 1. The van der Waals surface area contributed by atoms with Crippen LogP contribution in [0.5, 0.6) is 0 Å². The molecule has 1 aliphatic rings. The fourth-order valence-electron chi connectivity index (χ4n) is 3.15. The molecule has 3 nitrogen and oxygen atoms in total. The number of hydrogen-bond acceptors (Lipinski definition) is 2. The molecule has 1 fully saturated rings. The molecule has 1 atom stereocenters. The summed E-state index contributed by atoms with van der Waals surface area (Å²) in [5, 5.41) is 0. The second-order valence-corrected chi connectivity index (χ2v) is 7.81. The Morgan fingerprint density at radius 1 is 1.25 bits per heavy atom. The Kier molecular flexibility index (Phi) is 4.74. The van der Waals surface area contributed by atoms with Gasteiger partial charge < -0.3 is 10.6 Å². The molecule has 0 spiro atoms. The lowest BCUT2D eigenvalue weighted by Gasteiger charge is -2.45. The van der Waals surface area contributed by atoms with Crippen molar-refractivity contribution in [2.45, 2.75) is 51.7 Å². The summed E-state index contributed by atoms with van der Waals surface area (Å²) < 4.78 is 38.8. The molecule has 0 saturated carbocycles. The fraction of sp³-hybridized carbons (Fsp3) is 0.611. The minimum Gasteiger partial charge on any atom is -0.341 e. The molecule has 134 valence electrons. The highest BCUT2D eigenvalue weighted by Crippen LogP contribution is 2.35. The monoisotopic (exact) mass is 342 g/mol. The van der Waals surface area contributed by atoms with Gasteiger partial charge in [0.25, 0.3) is 0 Å². The molecule has 1 saturated heterocycles. The summed E-state index contributed by atoms with van der Waals surface area (Å²) in [4.78, 5) is 14.7. The van der Waals surface area contributed by atoms with Crippen molar-refractivity contribution in [1.29, 1.82) is 0 Å². The van der Waals surface area contributed by atoms with E-state index in [2.05, 4.69) is 0 Å². The standard InChI is InChI=1S/C18H25F3N2O/c1-16(2)11-23(9-8-14(16)22)15(24)17(3,4)12-6-5-7-13(10-12)18(19,20)21/h5-7,10,14H,8-9,11,22H2,1-4H3. The van der Waals surface area contributed by atoms with Gasteiger partial charge in [-0.15, -0.1) is 0 Å². The van der Waals surface area contributed by atoms with Crippen molar-refractivity contribution in [2.24, 2.45) is 11.1 Å². The lowest BCUT2D eigenvalue weighted by molar-refractivity contribution is -0.141. The van der Waals surface area contributed by atoms with Gasteiger partial charge in [-0.05, 0) is 37.3 Å². The first-order valence-corrected chi connectivity index (χ1v) is 8.08. The quantitative estimate of drug-likeness (QED) is 0.893. The summed E-state index contributed by atoms with van der Waals surface area (Å²) in [6.07, 6.45) is -3.73. The average molecular weight is 342 g/mol. The van der Waals surface area contributed by atoms with E-state index >= 15 is 0 Å². The maximum atomic E-state index is 13.0. The Morgan fingerprint density at radius 2 is 1.83 bits per heavy atom. The number of amides is 1. The third kappa shape index (κ3) is 3.58. The summed E-state index contributed by atoms with van der Waals surface area (Å²) in [6.45, 7) is 8.41. The first kappa shape index (κ1) is 18.8. The highest BCUT2D eigenvalue weighted by molar-refractivity contribution is 5.87. The number of hydrogen-bond donors (Lipinski definition) is 1. The first-order valence-electron chi connectivity index (χ1n) is 8.08. The number of nitrogens with two attached hydrogens (primary N) is 1. The van der Waals surface area contributed by atoms with Crippen LogP contribution in [0, 0.1) is 5.41 Å². The zero-order chi connectivity index (χ0) is 18.3. The van der Waals surface area contributed by atoms with Crippen molar-refractivity contribution in [3.05, 3.63) is 35.4 Å². The molecule has 0 aromatic heterocycles. The molecule has 1 amide bonds. The van der Waals surface area contributed by atoms with Gasteiger partial charge in [0.05, 0.1) is 11.0 Å². The molecule has 0 radical (unpaired) electrons. The number of piperidine rings is 1. The third-order valence-corrected chi connectivity index (χ3v) is 5.05. The largest absolute Gasteiger partial charge is 0.416 e. The Bertz CT molecular complexity index is 623. The van der Waals surface area contributed by atoms with E-state index in [1.54, 1.807) is 24.8 Å². The highest BCUT2D eigenvalue weighted by atomic mass is 19.4. The number of carbonyl (C=O) groups excluding carboxylic acids is 1. The van der Waals surface area contributed by atoms with E-state index in [1.165, 1.54) is 6.07 Å². The van der Waals surface area contributed by atoms with Gasteiger partial charge in [0.2, 0.25) is 5.91 Å². The van der Waals surface area contributed by atoms with Crippen LogP contribution in [0.25, 0.3) is 0 Å². The number of nitrogens with zero attached hydrogens (tertiary/aromatic N) is 1. The minimum atomic E-state index is -4.42. The number of rotatable bonds is 2. The van der Waals surface area contributed by atoms with E-state index in [0.717, 1.165) is 12.1 Å². The average Bonchev–Trinajstić information content (AvgIpc) is 2.48. The normalized spacial score (nSPS) is 21.7. The molecule has 1 aromatic carbocycles. The number of alkyl halides is 3. The minimum absolute atomic E-state index is 0.0122. The van der Waals surface area contributed by atoms with Gasteiger partial charge in [-0.3, -0.25) is 4.79 Å². The fourth-order valence-corrected chi connectivity index (χ4v) is 3.15. The van der Waals surface area contributed by atoms with Crippen LogP contribution in [0.4, 0.5) is 13.2 Å². The Balaban J connectivity index is 2.28. The van der Waals surface area contributed by atoms with E-state index in [4.69, 9.17) is 5.73 Å². The maximum absolute atomic E-state index is 13.0. The number of benzene rings is 1. The number of halogens is 3. The summed E-state index contributed by atoms with van der Waals surface area (Å²) >= 11 is 0. The zero-order valence-electron chi connectivity index (χ0n) is 14.6. The van der Waals surface area contributed by atoms with Crippen molar-refractivity contribution in [3.63, 3.8) is 0 Å². The zero-order valence-corrected chi connectivity index (χ0v) is 14.6. The van der Waals surface area contributed by atoms with Gasteiger partial charge in [-0.1, -0.05) is 32.0 Å². The van der Waals surface area contributed by atoms with Crippen LogP contribution in [0.1, 0.15) is 45.2 Å². The van der Waals surface area contributed by atoms with Gasteiger partial charge in [0.1, 0.15) is 0 Å². The van der Waals surface area contributed by atoms with Crippen molar-refractivity contribution in [3.8, 4) is 0 Å². The van der Waals surface area contributed by atoms with E-state index in [0.29, 0.717) is 25.1 Å². The van der Waals surface area contributed by atoms with Crippen LogP contribution in [0.15, 0.2) is 24.3 Å². The van der Waals surface area contributed by atoms with E-state index in [1.807, 2.05) is 13.8 Å². The van der Waals surface area contributed by atoms with Crippen molar-refractivity contribution >= 4 is 5.91 Å². The lowest BCUT2D eigenvalue weighted by atomic mass is 9.77. The molecule has 0 aliphatic carbocycles. The van der Waals surface area contributed by atoms with Gasteiger partial charge in [0.15, 0.2) is 0 Å². The topological polar surface area (TPSA) is 46.3 Å². The van der Waals surface area contributed by atoms with Crippen LogP contribution < -0.4 is 5.73 Å². The molecular weight excluding hydrogens is 317 g/mol. The van der Waals surface area contributed by atoms with Gasteiger partial charge in [-0.25, -0.2) is 0 Å². The summed E-state index contributed by atoms with van der Waals surface area (Å²) in [6, 6.07) is 5.03. The second kappa shape index (κ2) is 6.06. The van der Waals surface area contributed by atoms with Gasteiger partial charge in [-0.2, -0.15) is 13.2 Å². The van der Waals surface area contributed by atoms with Crippen LogP contribution in [0.3, 0.4) is 0 Å². The lowest BCUT2D eigenvalue weighted by Crippen LogP contribution is -2.56. The van der Waals surface area contributed by atoms with Gasteiger partial charge >= 0.3 is 6.18 Å². The van der Waals surface area contributed by atoms with Crippen LogP contribution in [0.2, 0.25) is 0 Å². The van der Waals surface area contributed by atoms with Crippen LogP contribution in [-0.4, -0.2) is 29.9 Å². The van der Waals surface area contributed by atoms with Crippen molar-refractivity contribution in [1.82, 2.24) is 4.90 Å². The van der Waals surface area contributed by atoms with Crippen molar-refractivity contribution in [2.75, 3.05) is 13.1 Å². The van der Waals surface area contributed by atoms with Crippen molar-refractivity contribution < 1.29 is 18.0 Å². The Hall–Kier alpha value is -1.56. The summed E-state index contributed by atoms with van der Waals surface area (Å²) in [5.41, 5.74) is 4.50. The number of likely N-dealkylation sites (tertiary alicyclic amines) is 1. The summed E-state index contributed by atoms with van der Waals surface area (Å²) in [7, 11) is 0. The molecule has 2 rings (SSSR count). The molecule has 1 unspecified atom stereocenters. The molecule has 1 heterocycles. The van der Waals surface area contributed by atoms with E-state index in [-0.39, 0.29) is 17.4 Å². The van der Waals surface area contributed by atoms with E-state index < -0.39 is 17.2 Å². The van der Waals surface area contributed by atoms with Crippen LogP contribution >= 0.6 is 0 Å². The second-order valence-electron chi connectivity index (χ2n) is 7.81. The highest BCUT2D eigenvalue weighted by Gasteiger charge is 2.41. The molecule has 2 N–H and O–H groups in total. The predicted octanol–water partition coefficient (Wildman–Crippen LogP) is 3.57. The molecule has 1 aromatic rings. The predicted molar refractivity (Wildman–Crippen MR) is 87.4 cm³/mol. The Morgan fingerprint density at radius 3 is 2.38 bits per heavy atom. The molecule has 6 heteroatoms. The third-order valence-electron chi connectivity index (χ3n) is 5.05. The van der Waals surface area contributed by atoms with Crippen LogP contribution in [-0.2, 0) is 16.4 Å². The molecular formula is C18H25F3N2O. The SMILES string of the molecule is CC(C)(C(=O)N1CCC(N)C(C)(C)C1)c1cccc(C(F)(F)F)c1. The maximum Gasteiger partial charge on any atom is 0.416 e. The molecule has 0 bridgehead atoms. The summed E-state index contributed by atoms with van der Waals surface area (Å²) in [5.74, 6) is -0.165. The van der Waals surface area contributed by atoms with Gasteiger partial charge in [0, 0.05) is 19.1 Å². The molecule has 1 aliphatic heterocycles.